The summed E-state index contributed by atoms with van der Waals surface area (Å²) in [5, 5.41) is 3.81. The van der Waals surface area contributed by atoms with Crippen molar-refractivity contribution in [3.8, 4) is 0 Å². The zero-order chi connectivity index (χ0) is 21.5. The molecule has 0 radical (unpaired) electrons. The monoisotopic (exact) mass is 483 g/mol. The number of amides is 1. The van der Waals surface area contributed by atoms with Crippen LogP contribution in [-0.4, -0.2) is 17.1 Å². The van der Waals surface area contributed by atoms with Gasteiger partial charge in [0, 0.05) is 21.3 Å². The van der Waals surface area contributed by atoms with Crippen LogP contribution in [0.4, 0.5) is 10.1 Å². The van der Waals surface area contributed by atoms with Gasteiger partial charge < -0.3 is 22.5 Å². The lowest BCUT2D eigenvalue weighted by atomic mass is 10.1. The van der Waals surface area contributed by atoms with Gasteiger partial charge >= 0.3 is 0 Å². The van der Waals surface area contributed by atoms with Crippen molar-refractivity contribution < 1.29 is 30.9 Å². The molecule has 0 spiro atoms. The number of nitrogens with zero attached hydrogens (tertiary/aromatic N) is 2. The third-order valence-corrected chi connectivity index (χ3v) is 4.86. The summed E-state index contributed by atoms with van der Waals surface area (Å²) in [4.78, 5) is 12.2. The van der Waals surface area contributed by atoms with E-state index in [0.717, 1.165) is 5.56 Å². The minimum atomic E-state index is -0.353. The summed E-state index contributed by atoms with van der Waals surface area (Å²) in [5.74, 6) is -0.571. The summed E-state index contributed by atoms with van der Waals surface area (Å²) in [5.41, 5.74) is 1.36. The number of ether oxygens (including phenoxy) is 1. The molecule has 3 rings (SSSR count). The average Bonchev–Trinajstić information content (AvgIpc) is 3.14. The Morgan fingerprint density at radius 3 is 2.68 bits per heavy atom. The fourth-order valence-corrected chi connectivity index (χ4v) is 3.45. The van der Waals surface area contributed by atoms with Gasteiger partial charge in [0.05, 0.1) is 6.61 Å². The van der Waals surface area contributed by atoms with Crippen molar-refractivity contribution in [2.45, 2.75) is 19.2 Å². The van der Waals surface area contributed by atoms with E-state index in [4.69, 9.17) is 27.9 Å². The van der Waals surface area contributed by atoms with Crippen molar-refractivity contribution in [2.75, 3.05) is 11.9 Å². The molecule has 0 saturated carbocycles. The van der Waals surface area contributed by atoms with E-state index in [0.29, 0.717) is 28.9 Å². The maximum atomic E-state index is 13.0. The van der Waals surface area contributed by atoms with Gasteiger partial charge in [-0.05, 0) is 36.4 Å². The van der Waals surface area contributed by atoms with Crippen molar-refractivity contribution in [2.24, 2.45) is 0 Å². The lowest BCUT2D eigenvalue weighted by Crippen LogP contribution is -3.00. The Bertz CT molecular complexity index is 1030. The van der Waals surface area contributed by atoms with E-state index in [1.54, 1.807) is 35.3 Å². The predicted molar refractivity (Wildman–Crippen MR) is 115 cm³/mol. The minimum Gasteiger partial charge on any atom is -1.00 e. The minimum absolute atomic E-state index is 0. The van der Waals surface area contributed by atoms with E-state index in [9.17, 15) is 9.18 Å². The number of anilines is 1. The number of benzene rings is 2. The first kappa shape index (κ1) is 24.9. The number of imidazole rings is 1. The largest absolute Gasteiger partial charge is 1.00 e. The van der Waals surface area contributed by atoms with Crippen molar-refractivity contribution in [3.05, 3.63) is 95.3 Å². The molecule has 1 N–H and O–H groups in total. The SMILES string of the molecule is C=CCOC(Cn1cc[n+](CC(=O)Nc2ccc(F)cc2)c1)c1ccc(Cl)cc1Cl.[Cl-]. The highest BCUT2D eigenvalue weighted by molar-refractivity contribution is 6.35. The summed E-state index contributed by atoms with van der Waals surface area (Å²) in [7, 11) is 0. The predicted octanol–water partition coefficient (Wildman–Crippen LogP) is 1.81. The smallest absolute Gasteiger partial charge is 0.266 e. The second kappa shape index (κ2) is 11.9. The first-order valence-corrected chi connectivity index (χ1v) is 9.98. The molecule has 1 amide bonds. The fourth-order valence-electron chi connectivity index (χ4n) is 2.92. The number of aromatic nitrogens is 2. The highest BCUT2D eigenvalue weighted by Gasteiger charge is 2.20. The van der Waals surface area contributed by atoms with Gasteiger partial charge in [0.2, 0.25) is 6.33 Å². The van der Waals surface area contributed by atoms with Crippen LogP contribution < -0.4 is 22.3 Å². The van der Waals surface area contributed by atoms with Crippen LogP contribution in [0.5, 0.6) is 0 Å². The molecule has 164 valence electrons. The van der Waals surface area contributed by atoms with E-state index < -0.39 is 0 Å². The zero-order valence-corrected chi connectivity index (χ0v) is 18.7. The highest BCUT2D eigenvalue weighted by Crippen LogP contribution is 2.29. The van der Waals surface area contributed by atoms with Gasteiger partial charge in [-0.3, -0.25) is 4.79 Å². The molecule has 2 aromatic carbocycles. The van der Waals surface area contributed by atoms with Crippen LogP contribution >= 0.6 is 23.2 Å². The molecule has 0 saturated heterocycles. The van der Waals surface area contributed by atoms with Gasteiger partial charge in [-0.1, -0.05) is 35.3 Å². The van der Waals surface area contributed by atoms with Gasteiger partial charge in [0.1, 0.15) is 30.9 Å². The number of hydrogen-bond donors (Lipinski definition) is 1. The number of carbonyl (C=O) groups excluding carboxylic acids is 1. The number of nitrogens with one attached hydrogen (secondary N) is 1. The molecule has 0 aliphatic rings. The Morgan fingerprint density at radius 1 is 1.26 bits per heavy atom. The normalized spacial score (nSPS) is 11.5. The molecule has 0 bridgehead atoms. The molecule has 1 atom stereocenters. The molecule has 1 aromatic heterocycles. The summed E-state index contributed by atoms with van der Waals surface area (Å²) < 4.78 is 22.5. The van der Waals surface area contributed by atoms with Gasteiger partial charge in [-0.25, -0.2) is 13.5 Å². The molecule has 0 fully saturated rings. The van der Waals surface area contributed by atoms with Crippen molar-refractivity contribution in [1.29, 1.82) is 0 Å². The van der Waals surface area contributed by atoms with Gasteiger partial charge in [-0.15, -0.1) is 6.58 Å². The fraction of sp³-hybridized carbons (Fsp3) is 0.182. The Balaban J connectivity index is 0.00000341. The summed E-state index contributed by atoms with van der Waals surface area (Å²) in [6.45, 7) is 4.66. The van der Waals surface area contributed by atoms with Crippen molar-refractivity contribution in [3.63, 3.8) is 0 Å². The first-order valence-electron chi connectivity index (χ1n) is 9.22. The maximum absolute atomic E-state index is 13.0. The Kier molecular flexibility index (Phi) is 9.52. The molecule has 5 nitrogen and oxygen atoms in total. The van der Waals surface area contributed by atoms with E-state index >= 15 is 0 Å². The topological polar surface area (TPSA) is 47.1 Å². The lowest BCUT2D eigenvalue weighted by molar-refractivity contribution is -0.683. The van der Waals surface area contributed by atoms with Crippen LogP contribution in [0.25, 0.3) is 0 Å². The van der Waals surface area contributed by atoms with Crippen LogP contribution in [0.1, 0.15) is 11.7 Å². The van der Waals surface area contributed by atoms with Crippen molar-refractivity contribution in [1.82, 2.24) is 4.57 Å². The van der Waals surface area contributed by atoms with Crippen LogP contribution in [-0.2, 0) is 22.6 Å². The quantitative estimate of drug-likeness (QED) is 0.372. The molecule has 1 heterocycles. The Hall–Kier alpha value is -2.38. The Labute approximate surface area is 196 Å². The molecule has 0 aliphatic heterocycles. The molecular formula is C22H21Cl3FN3O2. The van der Waals surface area contributed by atoms with Crippen LogP contribution in [0.3, 0.4) is 0 Å². The second-order valence-corrected chi connectivity index (χ2v) is 7.46. The molecular weight excluding hydrogens is 464 g/mol. The molecule has 9 heteroatoms. The summed E-state index contributed by atoms with van der Waals surface area (Å²) >= 11 is 12.3. The van der Waals surface area contributed by atoms with E-state index in [1.807, 2.05) is 16.8 Å². The summed E-state index contributed by atoms with van der Waals surface area (Å²) in [6.07, 6.45) is 6.80. The zero-order valence-electron chi connectivity index (χ0n) is 16.5. The Morgan fingerprint density at radius 2 is 2.00 bits per heavy atom. The van der Waals surface area contributed by atoms with Gasteiger partial charge in [0.25, 0.3) is 5.91 Å². The van der Waals surface area contributed by atoms with E-state index in [-0.39, 0.29) is 36.8 Å². The molecule has 0 aliphatic carbocycles. The van der Waals surface area contributed by atoms with Gasteiger partial charge in [0.15, 0.2) is 6.54 Å². The molecule has 3 aromatic rings. The number of hydrogen-bond acceptors (Lipinski definition) is 2. The van der Waals surface area contributed by atoms with E-state index in [1.165, 1.54) is 24.3 Å². The van der Waals surface area contributed by atoms with E-state index in [2.05, 4.69) is 11.9 Å². The second-order valence-electron chi connectivity index (χ2n) is 6.61. The van der Waals surface area contributed by atoms with Crippen LogP contribution in [0.2, 0.25) is 10.0 Å². The third kappa shape index (κ3) is 7.36. The standard InChI is InChI=1S/C22H20Cl2FN3O2.ClH/c1-2-11-30-21(19-8-3-16(23)12-20(19)24)13-27-9-10-28(15-27)14-22(29)26-18-6-4-17(25)5-7-18;/h2-10,12,15,21H,1,11,13-14H2;1H. The first-order chi connectivity index (χ1) is 14.4. The van der Waals surface area contributed by atoms with Crippen LogP contribution in [0, 0.1) is 5.82 Å². The number of rotatable bonds is 9. The molecule has 31 heavy (non-hydrogen) atoms. The number of halogens is 4. The highest BCUT2D eigenvalue weighted by atomic mass is 35.5. The van der Waals surface area contributed by atoms with Crippen molar-refractivity contribution >= 4 is 34.8 Å². The van der Waals surface area contributed by atoms with Gasteiger partial charge in [-0.2, -0.15) is 0 Å². The average molecular weight is 485 g/mol. The van der Waals surface area contributed by atoms with Crippen LogP contribution in [0.15, 0.2) is 73.8 Å². The third-order valence-electron chi connectivity index (χ3n) is 4.30. The maximum Gasteiger partial charge on any atom is 0.266 e. The number of carbonyl (C=O) groups is 1. The summed E-state index contributed by atoms with van der Waals surface area (Å²) in [6, 6.07) is 10.9. The molecule has 1 unspecified atom stereocenters. The lowest BCUT2D eigenvalue weighted by Gasteiger charge is -2.17.